The van der Waals surface area contributed by atoms with Gasteiger partial charge in [-0.25, -0.2) is 0 Å². The maximum absolute atomic E-state index is 12.4. The fourth-order valence-corrected chi connectivity index (χ4v) is 2.61. The summed E-state index contributed by atoms with van der Waals surface area (Å²) in [6.07, 6.45) is 1.53. The highest BCUT2D eigenvalue weighted by molar-refractivity contribution is 6.04. The number of anilines is 1. The van der Waals surface area contributed by atoms with Crippen LogP contribution >= 0.6 is 0 Å². The Balaban J connectivity index is 1.51. The van der Waals surface area contributed by atoms with Crippen LogP contribution in [0.4, 0.5) is 5.69 Å². The Morgan fingerprint density at radius 2 is 1.82 bits per heavy atom. The van der Waals surface area contributed by atoms with E-state index in [2.05, 4.69) is 20.7 Å². The Morgan fingerprint density at radius 3 is 2.57 bits per heavy atom. The molecule has 2 aromatic heterocycles. The lowest BCUT2D eigenvalue weighted by atomic mass is 10.1. The molecule has 138 valence electrons. The van der Waals surface area contributed by atoms with Crippen molar-refractivity contribution in [2.75, 3.05) is 5.32 Å². The molecule has 8 heteroatoms. The number of carbonyl (C=O) groups is 1. The van der Waals surface area contributed by atoms with Crippen molar-refractivity contribution in [3.8, 4) is 23.1 Å². The fraction of sp³-hybridized carbons (Fsp3) is 0.0500. The van der Waals surface area contributed by atoms with Crippen LogP contribution in [0.5, 0.6) is 0 Å². The number of benzene rings is 2. The zero-order chi connectivity index (χ0) is 19.3. The first kappa shape index (κ1) is 17.3. The van der Waals surface area contributed by atoms with Gasteiger partial charge in [0.1, 0.15) is 6.54 Å². The lowest BCUT2D eigenvalue weighted by Gasteiger charge is -2.06. The topological polar surface area (TPSA) is 111 Å². The van der Waals surface area contributed by atoms with Crippen LogP contribution in [0.15, 0.2) is 80.9 Å². The molecular weight excluding hydrogens is 360 g/mol. The number of hydrogen-bond donors (Lipinski definition) is 1. The van der Waals surface area contributed by atoms with Gasteiger partial charge in [-0.3, -0.25) is 4.79 Å². The van der Waals surface area contributed by atoms with E-state index in [0.717, 1.165) is 5.56 Å². The third-order valence-corrected chi connectivity index (χ3v) is 3.99. The van der Waals surface area contributed by atoms with Gasteiger partial charge in [-0.2, -0.15) is 4.91 Å². The van der Waals surface area contributed by atoms with Gasteiger partial charge in [-0.15, -0.1) is 10.2 Å². The van der Waals surface area contributed by atoms with E-state index in [0.29, 0.717) is 28.5 Å². The zero-order valence-electron chi connectivity index (χ0n) is 14.5. The summed E-state index contributed by atoms with van der Waals surface area (Å²) in [5, 5.41) is 13.6. The van der Waals surface area contributed by atoms with Crippen LogP contribution < -0.4 is 5.32 Å². The van der Waals surface area contributed by atoms with E-state index >= 15 is 0 Å². The highest BCUT2D eigenvalue weighted by Gasteiger charge is 2.13. The predicted octanol–water partition coefficient (Wildman–Crippen LogP) is 4.52. The molecule has 2 aromatic carbocycles. The van der Waals surface area contributed by atoms with Crippen LogP contribution in [-0.4, -0.2) is 16.1 Å². The minimum atomic E-state index is -0.274. The molecule has 0 atom stereocenters. The summed E-state index contributed by atoms with van der Waals surface area (Å²) >= 11 is 0. The zero-order valence-corrected chi connectivity index (χ0v) is 14.5. The third-order valence-electron chi connectivity index (χ3n) is 3.99. The molecule has 0 aliphatic rings. The quantitative estimate of drug-likeness (QED) is 0.497. The molecule has 0 aliphatic heterocycles. The number of hydrogen-bond acceptors (Lipinski definition) is 7. The lowest BCUT2D eigenvalue weighted by molar-refractivity contribution is 0.102. The number of carbonyl (C=O) groups excluding carboxylic acids is 1. The number of furan rings is 1. The molecule has 1 N–H and O–H groups in total. The third kappa shape index (κ3) is 3.70. The molecule has 28 heavy (non-hydrogen) atoms. The minimum absolute atomic E-state index is 0.0775. The van der Waals surface area contributed by atoms with E-state index in [1.54, 1.807) is 60.7 Å². The maximum Gasteiger partial charge on any atom is 0.283 e. The van der Waals surface area contributed by atoms with Crippen LogP contribution in [0.1, 0.15) is 15.9 Å². The van der Waals surface area contributed by atoms with Crippen LogP contribution in [0.25, 0.3) is 23.1 Å². The molecule has 0 radical (unpaired) electrons. The van der Waals surface area contributed by atoms with Crippen LogP contribution in [0, 0.1) is 4.91 Å². The molecule has 0 saturated heterocycles. The summed E-state index contributed by atoms with van der Waals surface area (Å²) in [4.78, 5) is 22.7. The summed E-state index contributed by atoms with van der Waals surface area (Å²) in [5.41, 5.74) is 2.46. The van der Waals surface area contributed by atoms with E-state index < -0.39 is 0 Å². The van der Waals surface area contributed by atoms with Crippen molar-refractivity contribution >= 4 is 11.6 Å². The van der Waals surface area contributed by atoms with Gasteiger partial charge in [0.25, 0.3) is 11.8 Å². The first-order valence-electron chi connectivity index (χ1n) is 8.40. The van der Waals surface area contributed by atoms with Gasteiger partial charge in [-0.05, 0) is 48.0 Å². The van der Waals surface area contributed by atoms with Gasteiger partial charge in [0, 0.05) is 16.8 Å². The van der Waals surface area contributed by atoms with Crippen LogP contribution in [-0.2, 0) is 6.54 Å². The lowest BCUT2D eigenvalue weighted by Crippen LogP contribution is -2.11. The number of nitrogens with one attached hydrogen (secondary N) is 1. The second kappa shape index (κ2) is 7.67. The van der Waals surface area contributed by atoms with Crippen molar-refractivity contribution in [1.29, 1.82) is 0 Å². The number of rotatable bonds is 6. The largest absolute Gasteiger partial charge is 0.459 e. The summed E-state index contributed by atoms with van der Waals surface area (Å²) in [7, 11) is 0. The molecule has 8 nitrogen and oxygen atoms in total. The highest BCUT2D eigenvalue weighted by Crippen LogP contribution is 2.26. The molecule has 4 aromatic rings. The maximum atomic E-state index is 12.4. The Morgan fingerprint density at radius 1 is 1.00 bits per heavy atom. The van der Waals surface area contributed by atoms with Crippen molar-refractivity contribution in [3.63, 3.8) is 0 Å². The molecule has 0 unspecified atom stereocenters. The fourth-order valence-electron chi connectivity index (χ4n) is 2.61. The van der Waals surface area contributed by atoms with Crippen molar-refractivity contribution < 1.29 is 13.6 Å². The molecule has 1 amide bonds. The van der Waals surface area contributed by atoms with E-state index in [9.17, 15) is 9.70 Å². The molecule has 4 rings (SSSR count). The molecular formula is C20H14N4O4. The van der Waals surface area contributed by atoms with Crippen LogP contribution in [0.2, 0.25) is 0 Å². The first-order chi connectivity index (χ1) is 13.7. The number of amides is 1. The summed E-state index contributed by atoms with van der Waals surface area (Å²) in [5.74, 6) is 0.800. The van der Waals surface area contributed by atoms with Gasteiger partial charge in [0.2, 0.25) is 5.89 Å². The number of aromatic nitrogens is 2. The van der Waals surface area contributed by atoms with Gasteiger partial charge in [0.15, 0.2) is 5.76 Å². The number of nitroso groups, excluding NO2 is 1. The SMILES string of the molecule is O=NCc1ccc(C(=O)Nc2cccc(-c3nnc(-c4ccco4)o3)c2)cc1. The van der Waals surface area contributed by atoms with Crippen molar-refractivity contribution in [2.45, 2.75) is 6.54 Å². The van der Waals surface area contributed by atoms with Crippen molar-refractivity contribution in [3.05, 3.63) is 83.0 Å². The summed E-state index contributed by atoms with van der Waals surface area (Å²) in [6.45, 7) is 0.0775. The summed E-state index contributed by atoms with van der Waals surface area (Å²) < 4.78 is 10.9. The van der Waals surface area contributed by atoms with Gasteiger partial charge >= 0.3 is 0 Å². The Hall–Kier alpha value is -4.07. The predicted molar refractivity (Wildman–Crippen MR) is 101 cm³/mol. The average molecular weight is 374 g/mol. The highest BCUT2D eigenvalue weighted by atomic mass is 16.4. The Labute approximate surface area is 159 Å². The van der Waals surface area contributed by atoms with E-state index in [-0.39, 0.29) is 18.3 Å². The minimum Gasteiger partial charge on any atom is -0.459 e. The Kier molecular flexibility index (Phi) is 4.75. The number of nitrogens with zero attached hydrogens (tertiary/aromatic N) is 3. The Bertz CT molecular complexity index is 1100. The normalized spacial score (nSPS) is 10.6. The molecule has 0 spiro atoms. The van der Waals surface area contributed by atoms with E-state index in [1.165, 1.54) is 6.26 Å². The van der Waals surface area contributed by atoms with Crippen LogP contribution in [0.3, 0.4) is 0 Å². The molecule has 0 fully saturated rings. The van der Waals surface area contributed by atoms with Crippen molar-refractivity contribution in [2.24, 2.45) is 5.18 Å². The standard InChI is InChI=1S/C20H14N4O4/c25-18(14-8-6-13(7-9-14)12-21-26)22-16-4-1-3-15(11-16)19-23-24-20(28-19)17-5-2-10-27-17/h1-11H,12H2,(H,22,25). The van der Waals surface area contributed by atoms with E-state index in [1.807, 2.05) is 0 Å². The van der Waals surface area contributed by atoms with Gasteiger partial charge in [0.05, 0.1) is 6.26 Å². The second-order valence-electron chi connectivity index (χ2n) is 5.91. The van der Waals surface area contributed by atoms with Gasteiger partial charge in [-0.1, -0.05) is 23.4 Å². The van der Waals surface area contributed by atoms with Crippen molar-refractivity contribution in [1.82, 2.24) is 10.2 Å². The molecule has 0 aliphatic carbocycles. The van der Waals surface area contributed by atoms with Gasteiger partial charge < -0.3 is 14.2 Å². The van der Waals surface area contributed by atoms with E-state index in [4.69, 9.17) is 8.83 Å². The second-order valence-corrected chi connectivity index (χ2v) is 5.91. The smallest absolute Gasteiger partial charge is 0.283 e. The monoisotopic (exact) mass is 374 g/mol. The summed E-state index contributed by atoms with van der Waals surface area (Å²) in [6, 6.07) is 17.2. The molecule has 0 bridgehead atoms. The molecule has 2 heterocycles. The molecule has 0 saturated carbocycles. The first-order valence-corrected chi connectivity index (χ1v) is 8.40. The average Bonchev–Trinajstić information content (AvgIpc) is 3.41.